The number of hydrogen-bond donors (Lipinski definition) is 0. The first-order valence-corrected chi connectivity index (χ1v) is 6.21. The number of rotatable bonds is 5. The fourth-order valence-electron chi connectivity index (χ4n) is 1.50. The summed E-state index contributed by atoms with van der Waals surface area (Å²) < 4.78 is 29.5. The quantitative estimate of drug-likeness (QED) is 0.657. The lowest BCUT2D eigenvalue weighted by molar-refractivity contribution is 0.185. The molecule has 4 nitrogen and oxygen atoms in total. The first-order chi connectivity index (χ1) is 6.11. The fraction of sp³-hybridized carbons (Fsp3) is 1.00. The molecule has 1 fully saturated rings. The molecular formula is C8H17NO3S. The van der Waals surface area contributed by atoms with Crippen molar-refractivity contribution < 1.29 is 13.2 Å². The Hall–Kier alpha value is -0.130. The molecular weight excluding hydrogens is 190 g/mol. The predicted octanol–water partition coefficient (Wildman–Crippen LogP) is 0.447. The van der Waals surface area contributed by atoms with Gasteiger partial charge in [0, 0.05) is 19.7 Å². The summed E-state index contributed by atoms with van der Waals surface area (Å²) in [5.74, 6) is 0.111. The van der Waals surface area contributed by atoms with Crippen molar-refractivity contribution in [1.82, 2.24) is 4.31 Å². The van der Waals surface area contributed by atoms with E-state index in [2.05, 4.69) is 0 Å². The Morgan fingerprint density at radius 2 is 2.23 bits per heavy atom. The molecule has 78 valence electrons. The van der Waals surface area contributed by atoms with Gasteiger partial charge in [0.2, 0.25) is 10.0 Å². The standard InChI is InChI=1S/C8H17NO3S/c1-3-8-4-5-9(8)13(10,11)7-6-12-2/h8H,3-7H2,1-2H3/t8-/m0/s1. The molecule has 0 unspecified atom stereocenters. The van der Waals surface area contributed by atoms with E-state index in [1.165, 1.54) is 7.11 Å². The summed E-state index contributed by atoms with van der Waals surface area (Å²) in [6, 6.07) is 0.238. The van der Waals surface area contributed by atoms with E-state index in [9.17, 15) is 8.42 Å². The van der Waals surface area contributed by atoms with E-state index >= 15 is 0 Å². The molecule has 13 heavy (non-hydrogen) atoms. The minimum Gasteiger partial charge on any atom is -0.384 e. The second-order valence-electron chi connectivity index (χ2n) is 3.27. The van der Waals surface area contributed by atoms with E-state index in [-0.39, 0.29) is 18.4 Å². The van der Waals surface area contributed by atoms with E-state index in [1.807, 2.05) is 6.92 Å². The molecule has 1 saturated heterocycles. The van der Waals surface area contributed by atoms with Gasteiger partial charge in [0.25, 0.3) is 0 Å². The van der Waals surface area contributed by atoms with Crippen molar-refractivity contribution in [3.8, 4) is 0 Å². The Balaban J connectivity index is 2.49. The SMILES string of the molecule is CC[C@H]1CCN1S(=O)(=O)CCOC. The van der Waals surface area contributed by atoms with Gasteiger partial charge in [-0.2, -0.15) is 4.31 Å². The van der Waals surface area contributed by atoms with Gasteiger partial charge in [-0.15, -0.1) is 0 Å². The van der Waals surface area contributed by atoms with Crippen LogP contribution in [0.4, 0.5) is 0 Å². The molecule has 1 heterocycles. The van der Waals surface area contributed by atoms with Gasteiger partial charge in [-0.05, 0) is 12.8 Å². The Morgan fingerprint density at radius 3 is 2.62 bits per heavy atom. The third-order valence-electron chi connectivity index (χ3n) is 2.46. The molecule has 0 aliphatic carbocycles. The third-order valence-corrected chi connectivity index (χ3v) is 4.34. The highest BCUT2D eigenvalue weighted by atomic mass is 32.2. The molecule has 0 bridgehead atoms. The minimum absolute atomic E-state index is 0.111. The number of sulfonamides is 1. The summed E-state index contributed by atoms with van der Waals surface area (Å²) in [6.07, 6.45) is 1.91. The van der Waals surface area contributed by atoms with Crippen molar-refractivity contribution in [2.24, 2.45) is 0 Å². The zero-order valence-corrected chi connectivity index (χ0v) is 9.01. The molecule has 0 amide bonds. The number of nitrogens with zero attached hydrogens (tertiary/aromatic N) is 1. The lowest BCUT2D eigenvalue weighted by Crippen LogP contribution is -2.51. The second-order valence-corrected chi connectivity index (χ2v) is 5.31. The summed E-state index contributed by atoms with van der Waals surface area (Å²) >= 11 is 0. The Kier molecular flexibility index (Phi) is 3.70. The summed E-state index contributed by atoms with van der Waals surface area (Å²) in [4.78, 5) is 0. The normalized spacial score (nSPS) is 24.3. The second kappa shape index (κ2) is 4.39. The molecule has 0 aromatic rings. The molecule has 0 aromatic carbocycles. The van der Waals surface area contributed by atoms with Crippen molar-refractivity contribution in [2.45, 2.75) is 25.8 Å². The molecule has 1 aliphatic rings. The van der Waals surface area contributed by atoms with Crippen LogP contribution in [-0.2, 0) is 14.8 Å². The maximum absolute atomic E-state index is 11.6. The number of methoxy groups -OCH3 is 1. The molecule has 0 aromatic heterocycles. The van der Waals surface area contributed by atoms with E-state index in [4.69, 9.17) is 4.74 Å². The summed E-state index contributed by atoms with van der Waals surface area (Å²) in [5, 5.41) is 0. The van der Waals surface area contributed by atoms with Crippen LogP contribution in [0.25, 0.3) is 0 Å². The van der Waals surface area contributed by atoms with Gasteiger partial charge in [-0.1, -0.05) is 6.92 Å². The number of ether oxygens (including phenoxy) is 1. The molecule has 1 atom stereocenters. The summed E-state index contributed by atoms with van der Waals surface area (Å²) in [6.45, 7) is 2.99. The minimum atomic E-state index is -3.04. The van der Waals surface area contributed by atoms with Gasteiger partial charge in [0.05, 0.1) is 12.4 Å². The van der Waals surface area contributed by atoms with Crippen LogP contribution in [0.1, 0.15) is 19.8 Å². The Bertz CT molecular complexity index is 248. The first-order valence-electron chi connectivity index (χ1n) is 4.60. The summed E-state index contributed by atoms with van der Waals surface area (Å²) in [7, 11) is -1.52. The van der Waals surface area contributed by atoms with E-state index < -0.39 is 10.0 Å². The van der Waals surface area contributed by atoms with Crippen molar-refractivity contribution in [2.75, 3.05) is 26.0 Å². The highest BCUT2D eigenvalue weighted by Gasteiger charge is 2.35. The predicted molar refractivity (Wildman–Crippen MR) is 51.1 cm³/mol. The zero-order chi connectivity index (χ0) is 9.90. The molecule has 0 radical (unpaired) electrons. The smallest absolute Gasteiger partial charge is 0.216 e. The molecule has 0 spiro atoms. The van der Waals surface area contributed by atoms with Gasteiger partial charge in [0.1, 0.15) is 0 Å². The maximum atomic E-state index is 11.6. The molecule has 0 N–H and O–H groups in total. The highest BCUT2D eigenvalue weighted by Crippen LogP contribution is 2.24. The molecule has 0 saturated carbocycles. The van der Waals surface area contributed by atoms with Crippen molar-refractivity contribution in [3.05, 3.63) is 0 Å². The number of hydrogen-bond acceptors (Lipinski definition) is 3. The molecule has 5 heteroatoms. The molecule has 1 aliphatic heterocycles. The maximum Gasteiger partial charge on any atom is 0.216 e. The van der Waals surface area contributed by atoms with Crippen LogP contribution < -0.4 is 0 Å². The average Bonchev–Trinajstić information content (AvgIpc) is 1.99. The van der Waals surface area contributed by atoms with Crippen LogP contribution in [0.3, 0.4) is 0 Å². The van der Waals surface area contributed by atoms with Crippen LogP contribution in [0, 0.1) is 0 Å². The van der Waals surface area contributed by atoms with Crippen molar-refractivity contribution in [1.29, 1.82) is 0 Å². The Morgan fingerprint density at radius 1 is 1.54 bits per heavy atom. The lowest BCUT2D eigenvalue weighted by Gasteiger charge is -2.39. The average molecular weight is 207 g/mol. The molecule has 1 rings (SSSR count). The van der Waals surface area contributed by atoms with E-state index in [0.29, 0.717) is 6.54 Å². The topological polar surface area (TPSA) is 46.6 Å². The van der Waals surface area contributed by atoms with Crippen LogP contribution >= 0.6 is 0 Å². The van der Waals surface area contributed by atoms with E-state index in [0.717, 1.165) is 12.8 Å². The fourth-order valence-corrected chi connectivity index (χ4v) is 3.20. The van der Waals surface area contributed by atoms with Crippen molar-refractivity contribution >= 4 is 10.0 Å². The van der Waals surface area contributed by atoms with E-state index in [1.54, 1.807) is 4.31 Å². The van der Waals surface area contributed by atoms with Crippen LogP contribution in [-0.4, -0.2) is 44.8 Å². The third kappa shape index (κ3) is 2.42. The van der Waals surface area contributed by atoms with Crippen LogP contribution in [0.5, 0.6) is 0 Å². The van der Waals surface area contributed by atoms with Gasteiger partial charge < -0.3 is 4.74 Å². The Labute approximate surface area is 79.9 Å². The van der Waals surface area contributed by atoms with Crippen LogP contribution in [0.2, 0.25) is 0 Å². The van der Waals surface area contributed by atoms with Crippen LogP contribution in [0.15, 0.2) is 0 Å². The monoisotopic (exact) mass is 207 g/mol. The first kappa shape index (κ1) is 10.9. The zero-order valence-electron chi connectivity index (χ0n) is 8.19. The lowest BCUT2D eigenvalue weighted by atomic mass is 10.1. The summed E-state index contributed by atoms with van der Waals surface area (Å²) in [5.41, 5.74) is 0. The highest BCUT2D eigenvalue weighted by molar-refractivity contribution is 7.89. The largest absolute Gasteiger partial charge is 0.384 e. The van der Waals surface area contributed by atoms with Crippen molar-refractivity contribution in [3.63, 3.8) is 0 Å². The van der Waals surface area contributed by atoms with Gasteiger partial charge >= 0.3 is 0 Å². The van der Waals surface area contributed by atoms with Gasteiger partial charge in [-0.25, -0.2) is 8.42 Å². The van der Waals surface area contributed by atoms with Gasteiger partial charge in [0.15, 0.2) is 0 Å². The van der Waals surface area contributed by atoms with Gasteiger partial charge in [-0.3, -0.25) is 0 Å².